The van der Waals surface area contributed by atoms with Crippen molar-refractivity contribution in [1.29, 1.82) is 0 Å². The van der Waals surface area contributed by atoms with Gasteiger partial charge in [-0.3, -0.25) is 4.99 Å². The summed E-state index contributed by atoms with van der Waals surface area (Å²) in [5, 5.41) is 5.18. The van der Waals surface area contributed by atoms with E-state index in [1.54, 1.807) is 11.8 Å². The zero-order valence-corrected chi connectivity index (χ0v) is 14.1. The Bertz CT molecular complexity index is 462. The van der Waals surface area contributed by atoms with Crippen molar-refractivity contribution < 1.29 is 0 Å². The van der Waals surface area contributed by atoms with Crippen LogP contribution in [0, 0.1) is 9.49 Å². The average molecular weight is 395 g/mol. The van der Waals surface area contributed by atoms with Crippen LogP contribution in [0.2, 0.25) is 5.02 Å². The van der Waals surface area contributed by atoms with Crippen molar-refractivity contribution in [2.45, 2.75) is 26.3 Å². The van der Waals surface area contributed by atoms with Crippen LogP contribution in [0.25, 0.3) is 0 Å². The standard InChI is InChI=1S/C13H16ClIN2S/c1-8(2)5-10-7-18-13(16-10)17-12-4-3-9(14)6-11(12)15/h3-4,6,8,10H,5,7H2,1-2H3,(H,16,17). The number of thioether (sulfide) groups is 1. The molecule has 0 saturated carbocycles. The van der Waals surface area contributed by atoms with E-state index in [0.29, 0.717) is 12.0 Å². The molecule has 1 aliphatic rings. The molecular weight excluding hydrogens is 379 g/mol. The molecule has 0 aliphatic carbocycles. The van der Waals surface area contributed by atoms with Gasteiger partial charge in [0.1, 0.15) is 0 Å². The van der Waals surface area contributed by atoms with E-state index in [1.807, 2.05) is 18.2 Å². The van der Waals surface area contributed by atoms with Gasteiger partial charge in [-0.1, -0.05) is 37.2 Å². The molecule has 0 bridgehead atoms. The summed E-state index contributed by atoms with van der Waals surface area (Å²) in [7, 11) is 0. The summed E-state index contributed by atoms with van der Waals surface area (Å²) in [5.41, 5.74) is 1.08. The average Bonchev–Trinajstić information content (AvgIpc) is 2.69. The molecule has 98 valence electrons. The first-order valence-electron chi connectivity index (χ1n) is 5.97. The fourth-order valence-corrected chi connectivity index (χ4v) is 3.83. The lowest BCUT2D eigenvalue weighted by Crippen LogP contribution is -2.08. The van der Waals surface area contributed by atoms with E-state index in [1.165, 1.54) is 0 Å². The number of nitrogens with one attached hydrogen (secondary N) is 1. The smallest absolute Gasteiger partial charge is 0.161 e. The van der Waals surface area contributed by atoms with Crippen LogP contribution >= 0.6 is 46.0 Å². The van der Waals surface area contributed by atoms with Gasteiger partial charge in [0.25, 0.3) is 0 Å². The highest BCUT2D eigenvalue weighted by Gasteiger charge is 2.19. The van der Waals surface area contributed by atoms with Crippen molar-refractivity contribution in [2.75, 3.05) is 11.1 Å². The van der Waals surface area contributed by atoms with E-state index in [-0.39, 0.29) is 0 Å². The Labute approximate surface area is 131 Å². The van der Waals surface area contributed by atoms with Crippen molar-refractivity contribution in [3.05, 3.63) is 26.8 Å². The summed E-state index contributed by atoms with van der Waals surface area (Å²) in [4.78, 5) is 4.72. The van der Waals surface area contributed by atoms with Gasteiger partial charge in [-0.15, -0.1) is 0 Å². The zero-order chi connectivity index (χ0) is 13.1. The Hall–Kier alpha value is 0.0600. The number of amidine groups is 1. The van der Waals surface area contributed by atoms with Crippen LogP contribution < -0.4 is 5.32 Å². The second-order valence-corrected chi connectivity index (χ2v) is 7.39. The lowest BCUT2D eigenvalue weighted by Gasteiger charge is -2.08. The van der Waals surface area contributed by atoms with E-state index in [2.05, 4.69) is 41.8 Å². The van der Waals surface area contributed by atoms with Crippen LogP contribution in [0.15, 0.2) is 23.2 Å². The second-order valence-electron chi connectivity index (χ2n) is 4.78. The monoisotopic (exact) mass is 394 g/mol. The minimum atomic E-state index is 0.461. The van der Waals surface area contributed by atoms with Crippen molar-refractivity contribution in [1.82, 2.24) is 0 Å². The third-order valence-corrected chi connectivity index (χ3v) is 4.79. The first-order chi connectivity index (χ1) is 8.54. The van der Waals surface area contributed by atoms with Gasteiger partial charge >= 0.3 is 0 Å². The molecule has 1 unspecified atom stereocenters. The summed E-state index contributed by atoms with van der Waals surface area (Å²) in [6, 6.07) is 6.32. The first-order valence-corrected chi connectivity index (χ1v) is 8.41. The lowest BCUT2D eigenvalue weighted by atomic mass is 10.1. The summed E-state index contributed by atoms with van der Waals surface area (Å²) in [5.74, 6) is 1.79. The number of rotatable bonds is 3. The predicted molar refractivity (Wildman–Crippen MR) is 90.9 cm³/mol. The van der Waals surface area contributed by atoms with Crippen LogP contribution in [0.1, 0.15) is 20.3 Å². The first kappa shape index (κ1) is 14.5. The van der Waals surface area contributed by atoms with Gasteiger partial charge in [-0.25, -0.2) is 0 Å². The normalized spacial score (nSPS) is 19.2. The van der Waals surface area contributed by atoms with Crippen LogP contribution in [-0.4, -0.2) is 17.0 Å². The highest BCUT2D eigenvalue weighted by molar-refractivity contribution is 14.1. The van der Waals surface area contributed by atoms with Crippen molar-refractivity contribution in [3.8, 4) is 0 Å². The summed E-state index contributed by atoms with van der Waals surface area (Å²) >= 11 is 10.0. The Balaban J connectivity index is 2.02. The fourth-order valence-electron chi connectivity index (χ4n) is 1.85. The van der Waals surface area contributed by atoms with Gasteiger partial charge in [0.15, 0.2) is 5.17 Å². The van der Waals surface area contributed by atoms with E-state index < -0.39 is 0 Å². The number of hydrogen-bond acceptors (Lipinski definition) is 3. The van der Waals surface area contributed by atoms with Crippen molar-refractivity contribution >= 4 is 56.8 Å². The molecule has 0 radical (unpaired) electrons. The third kappa shape index (κ3) is 4.03. The molecule has 0 saturated heterocycles. The molecule has 0 aromatic heterocycles. The Morgan fingerprint density at radius 3 is 3.00 bits per heavy atom. The highest BCUT2D eigenvalue weighted by atomic mass is 127. The molecule has 1 heterocycles. The van der Waals surface area contributed by atoms with Gasteiger partial charge < -0.3 is 5.32 Å². The maximum Gasteiger partial charge on any atom is 0.161 e. The number of hydrogen-bond donors (Lipinski definition) is 1. The van der Waals surface area contributed by atoms with Gasteiger partial charge in [-0.2, -0.15) is 0 Å². The molecule has 1 N–H and O–H groups in total. The molecule has 0 fully saturated rings. The molecule has 1 aromatic rings. The summed E-state index contributed by atoms with van der Waals surface area (Å²) < 4.78 is 1.12. The number of nitrogens with zero attached hydrogens (tertiary/aromatic N) is 1. The molecule has 2 rings (SSSR count). The van der Waals surface area contributed by atoms with Crippen LogP contribution in [-0.2, 0) is 0 Å². The summed E-state index contributed by atoms with van der Waals surface area (Å²) in [6.07, 6.45) is 1.16. The van der Waals surface area contributed by atoms with Gasteiger partial charge in [0.2, 0.25) is 0 Å². The number of anilines is 1. The fraction of sp³-hybridized carbons (Fsp3) is 0.462. The summed E-state index contributed by atoms with van der Waals surface area (Å²) in [6.45, 7) is 4.49. The van der Waals surface area contributed by atoms with E-state index in [9.17, 15) is 0 Å². The van der Waals surface area contributed by atoms with Crippen LogP contribution in [0.4, 0.5) is 5.69 Å². The maximum absolute atomic E-state index is 5.95. The molecule has 5 heteroatoms. The molecule has 1 atom stereocenters. The van der Waals surface area contributed by atoms with Crippen molar-refractivity contribution in [2.24, 2.45) is 10.9 Å². The van der Waals surface area contributed by atoms with Gasteiger partial charge in [0, 0.05) is 14.3 Å². The highest BCUT2D eigenvalue weighted by Crippen LogP contribution is 2.27. The lowest BCUT2D eigenvalue weighted by molar-refractivity contribution is 0.529. The molecule has 1 aromatic carbocycles. The zero-order valence-electron chi connectivity index (χ0n) is 10.4. The maximum atomic E-state index is 5.95. The minimum Gasteiger partial charge on any atom is -0.334 e. The topological polar surface area (TPSA) is 24.4 Å². The second kappa shape index (κ2) is 6.48. The molecule has 0 spiro atoms. The Morgan fingerprint density at radius 1 is 1.56 bits per heavy atom. The van der Waals surface area contributed by atoms with Gasteiger partial charge in [0.05, 0.1) is 11.7 Å². The molecule has 18 heavy (non-hydrogen) atoms. The van der Waals surface area contributed by atoms with E-state index in [0.717, 1.165) is 31.6 Å². The minimum absolute atomic E-state index is 0.461. The largest absolute Gasteiger partial charge is 0.334 e. The predicted octanol–water partition coefficient (Wildman–Crippen LogP) is 4.87. The van der Waals surface area contributed by atoms with Crippen LogP contribution in [0.5, 0.6) is 0 Å². The molecular formula is C13H16ClIN2S. The number of benzene rings is 1. The molecule has 2 nitrogen and oxygen atoms in total. The van der Waals surface area contributed by atoms with Gasteiger partial charge in [-0.05, 0) is 53.1 Å². The SMILES string of the molecule is CC(C)CC1CSC(Nc2ccc(Cl)cc2I)=N1. The Kier molecular flexibility index (Phi) is 5.21. The quantitative estimate of drug-likeness (QED) is 0.739. The van der Waals surface area contributed by atoms with Crippen molar-refractivity contribution in [3.63, 3.8) is 0 Å². The van der Waals surface area contributed by atoms with Crippen LogP contribution in [0.3, 0.4) is 0 Å². The number of aliphatic imine (C=N–C) groups is 1. The Morgan fingerprint density at radius 2 is 2.33 bits per heavy atom. The van der Waals surface area contributed by atoms with E-state index >= 15 is 0 Å². The van der Waals surface area contributed by atoms with E-state index in [4.69, 9.17) is 16.6 Å². The number of halogens is 2. The third-order valence-electron chi connectivity index (χ3n) is 2.63. The molecule has 0 amide bonds. The molecule has 1 aliphatic heterocycles.